The molecular formula is C15H20BrNO. The van der Waals surface area contributed by atoms with Crippen LogP contribution in [0.3, 0.4) is 0 Å². The van der Waals surface area contributed by atoms with Crippen molar-refractivity contribution < 1.29 is 4.74 Å². The van der Waals surface area contributed by atoms with E-state index in [2.05, 4.69) is 45.5 Å². The van der Waals surface area contributed by atoms with Crippen LogP contribution in [-0.4, -0.2) is 26.3 Å². The first-order chi connectivity index (χ1) is 8.78. The van der Waals surface area contributed by atoms with Gasteiger partial charge in [0.1, 0.15) is 0 Å². The Morgan fingerprint density at radius 2 is 2.28 bits per heavy atom. The summed E-state index contributed by atoms with van der Waals surface area (Å²) in [5, 5.41) is 3.52. The van der Waals surface area contributed by atoms with Gasteiger partial charge in [0.05, 0.1) is 13.2 Å². The van der Waals surface area contributed by atoms with Gasteiger partial charge in [-0.1, -0.05) is 28.1 Å². The lowest BCUT2D eigenvalue weighted by Crippen LogP contribution is -2.49. The largest absolute Gasteiger partial charge is 0.379 e. The molecule has 2 aliphatic rings. The van der Waals surface area contributed by atoms with E-state index in [-0.39, 0.29) is 5.41 Å². The number of piperidine rings is 1. The zero-order valence-corrected chi connectivity index (χ0v) is 12.2. The Balaban J connectivity index is 1.77. The molecule has 1 aromatic rings. The highest BCUT2D eigenvalue weighted by atomic mass is 79.9. The number of hydrogen-bond acceptors (Lipinski definition) is 2. The Morgan fingerprint density at radius 3 is 2.89 bits per heavy atom. The van der Waals surface area contributed by atoms with Gasteiger partial charge in [-0.15, -0.1) is 0 Å². The van der Waals surface area contributed by atoms with Crippen molar-refractivity contribution in [3.63, 3.8) is 0 Å². The Hall–Kier alpha value is -0.380. The van der Waals surface area contributed by atoms with Crippen molar-refractivity contribution in [1.29, 1.82) is 0 Å². The van der Waals surface area contributed by atoms with Crippen LogP contribution in [0.15, 0.2) is 28.7 Å². The molecule has 0 aromatic heterocycles. The molecule has 98 valence electrons. The highest BCUT2D eigenvalue weighted by Gasteiger charge is 2.42. The first kappa shape index (κ1) is 12.6. The molecule has 2 saturated heterocycles. The summed E-state index contributed by atoms with van der Waals surface area (Å²) in [6.45, 7) is 4.15. The third kappa shape index (κ3) is 2.49. The van der Waals surface area contributed by atoms with E-state index in [1.54, 1.807) is 0 Å². The predicted molar refractivity (Wildman–Crippen MR) is 76.8 cm³/mol. The smallest absolute Gasteiger partial charge is 0.0585 e. The first-order valence-corrected chi connectivity index (χ1v) is 7.62. The van der Waals surface area contributed by atoms with Crippen molar-refractivity contribution in [2.75, 3.05) is 26.3 Å². The van der Waals surface area contributed by atoms with Gasteiger partial charge in [0.2, 0.25) is 0 Å². The van der Waals surface area contributed by atoms with Gasteiger partial charge >= 0.3 is 0 Å². The van der Waals surface area contributed by atoms with Gasteiger partial charge in [-0.2, -0.15) is 0 Å². The molecule has 2 aliphatic heterocycles. The highest BCUT2D eigenvalue weighted by Crippen LogP contribution is 2.40. The molecule has 0 bridgehead atoms. The summed E-state index contributed by atoms with van der Waals surface area (Å²) >= 11 is 3.58. The molecule has 0 radical (unpaired) electrons. The number of hydrogen-bond donors (Lipinski definition) is 1. The second kappa shape index (κ2) is 5.32. The number of rotatable bonds is 3. The standard InChI is InChI=1S/C15H20BrNO/c16-14-5-1-4-13(7-14)15(10-18-11-15)8-12-3-2-6-17-9-12/h1,4-5,7,12,17H,2-3,6,8-11H2. The van der Waals surface area contributed by atoms with E-state index in [9.17, 15) is 0 Å². The summed E-state index contributed by atoms with van der Waals surface area (Å²) in [4.78, 5) is 0. The van der Waals surface area contributed by atoms with Crippen molar-refractivity contribution in [1.82, 2.24) is 5.32 Å². The fraction of sp³-hybridized carbons (Fsp3) is 0.600. The first-order valence-electron chi connectivity index (χ1n) is 6.83. The third-order valence-corrected chi connectivity index (χ3v) is 4.77. The fourth-order valence-electron chi connectivity index (χ4n) is 3.22. The molecule has 3 rings (SSSR count). The maximum absolute atomic E-state index is 5.54. The minimum Gasteiger partial charge on any atom is -0.379 e. The van der Waals surface area contributed by atoms with Crippen molar-refractivity contribution in [2.24, 2.45) is 5.92 Å². The molecule has 1 unspecified atom stereocenters. The van der Waals surface area contributed by atoms with Crippen molar-refractivity contribution >= 4 is 15.9 Å². The van der Waals surface area contributed by atoms with Gasteiger partial charge in [-0.05, 0) is 56.0 Å². The van der Waals surface area contributed by atoms with E-state index in [1.165, 1.54) is 42.4 Å². The third-order valence-electron chi connectivity index (χ3n) is 4.27. The quantitative estimate of drug-likeness (QED) is 0.926. The minimum absolute atomic E-state index is 0.271. The van der Waals surface area contributed by atoms with E-state index >= 15 is 0 Å². The van der Waals surface area contributed by atoms with Crippen LogP contribution in [0.4, 0.5) is 0 Å². The van der Waals surface area contributed by atoms with Crippen LogP contribution in [0.25, 0.3) is 0 Å². The van der Waals surface area contributed by atoms with E-state index in [1.807, 2.05) is 0 Å². The molecule has 2 fully saturated rings. The van der Waals surface area contributed by atoms with Gasteiger partial charge in [0.15, 0.2) is 0 Å². The maximum Gasteiger partial charge on any atom is 0.0585 e. The molecule has 1 atom stereocenters. The lowest BCUT2D eigenvalue weighted by molar-refractivity contribution is -0.0727. The summed E-state index contributed by atoms with van der Waals surface area (Å²) < 4.78 is 6.71. The second-order valence-corrected chi connectivity index (χ2v) is 6.62. The van der Waals surface area contributed by atoms with Crippen molar-refractivity contribution in [3.05, 3.63) is 34.3 Å². The van der Waals surface area contributed by atoms with Gasteiger partial charge in [-0.3, -0.25) is 0 Å². The maximum atomic E-state index is 5.54. The van der Waals surface area contributed by atoms with Crippen LogP contribution in [0, 0.1) is 5.92 Å². The molecule has 0 spiro atoms. The predicted octanol–water partition coefficient (Wildman–Crippen LogP) is 3.11. The van der Waals surface area contributed by atoms with E-state index in [0.717, 1.165) is 19.1 Å². The van der Waals surface area contributed by atoms with E-state index in [0.29, 0.717) is 0 Å². The van der Waals surface area contributed by atoms with Crippen molar-refractivity contribution in [3.8, 4) is 0 Å². The normalized spacial score (nSPS) is 26.6. The average Bonchev–Trinajstić information content (AvgIpc) is 2.35. The lowest BCUT2D eigenvalue weighted by Gasteiger charge is -2.45. The van der Waals surface area contributed by atoms with Crippen molar-refractivity contribution in [2.45, 2.75) is 24.7 Å². The summed E-state index contributed by atoms with van der Waals surface area (Å²) in [6, 6.07) is 8.75. The van der Waals surface area contributed by atoms with Gasteiger partial charge in [-0.25, -0.2) is 0 Å². The topological polar surface area (TPSA) is 21.3 Å². The summed E-state index contributed by atoms with van der Waals surface area (Å²) in [6.07, 6.45) is 3.94. The van der Waals surface area contributed by atoms with Gasteiger partial charge in [0, 0.05) is 9.89 Å². The minimum atomic E-state index is 0.271. The van der Waals surface area contributed by atoms with E-state index in [4.69, 9.17) is 4.74 Å². The molecular weight excluding hydrogens is 290 g/mol. The second-order valence-electron chi connectivity index (χ2n) is 5.70. The molecule has 1 aromatic carbocycles. The molecule has 0 amide bonds. The van der Waals surface area contributed by atoms with Gasteiger partial charge < -0.3 is 10.1 Å². The van der Waals surface area contributed by atoms with Crippen LogP contribution < -0.4 is 5.32 Å². The van der Waals surface area contributed by atoms with Crippen LogP contribution in [0.1, 0.15) is 24.8 Å². The zero-order chi connectivity index (χ0) is 12.4. The molecule has 2 nitrogen and oxygen atoms in total. The summed E-state index contributed by atoms with van der Waals surface area (Å²) in [5.74, 6) is 0.807. The molecule has 2 heterocycles. The Bertz CT molecular complexity index is 411. The monoisotopic (exact) mass is 309 g/mol. The SMILES string of the molecule is Brc1cccc(C2(CC3CCCNC3)COC2)c1. The molecule has 1 N–H and O–H groups in total. The molecule has 0 saturated carbocycles. The van der Waals surface area contributed by atoms with Crippen LogP contribution >= 0.6 is 15.9 Å². The fourth-order valence-corrected chi connectivity index (χ4v) is 3.62. The Labute approximate surface area is 117 Å². The Morgan fingerprint density at radius 1 is 1.39 bits per heavy atom. The Kier molecular flexibility index (Phi) is 3.73. The molecule has 18 heavy (non-hydrogen) atoms. The highest BCUT2D eigenvalue weighted by molar-refractivity contribution is 9.10. The molecule has 3 heteroatoms. The van der Waals surface area contributed by atoms with Crippen LogP contribution in [-0.2, 0) is 10.2 Å². The summed E-state index contributed by atoms with van der Waals surface area (Å²) in [7, 11) is 0. The van der Waals surface area contributed by atoms with E-state index < -0.39 is 0 Å². The number of halogens is 1. The lowest BCUT2D eigenvalue weighted by atomic mass is 9.71. The zero-order valence-electron chi connectivity index (χ0n) is 10.6. The number of ether oxygens (including phenoxy) is 1. The van der Waals surface area contributed by atoms with Crippen LogP contribution in [0.5, 0.6) is 0 Å². The number of benzene rings is 1. The van der Waals surface area contributed by atoms with Gasteiger partial charge in [0.25, 0.3) is 0 Å². The summed E-state index contributed by atoms with van der Waals surface area (Å²) in [5.41, 5.74) is 1.71. The number of nitrogens with one attached hydrogen (secondary N) is 1. The average molecular weight is 310 g/mol. The van der Waals surface area contributed by atoms with Crippen LogP contribution in [0.2, 0.25) is 0 Å². The molecule has 0 aliphatic carbocycles.